The topological polar surface area (TPSA) is 85.9 Å². The Morgan fingerprint density at radius 3 is 2.37 bits per heavy atom. The molecule has 2 aromatic carbocycles. The van der Waals surface area contributed by atoms with Gasteiger partial charge in [-0.25, -0.2) is 4.79 Å². The number of hydrogen-bond donors (Lipinski definition) is 2. The van der Waals surface area contributed by atoms with E-state index in [2.05, 4.69) is 10.6 Å². The maximum atomic E-state index is 12.5. The van der Waals surface area contributed by atoms with Gasteiger partial charge in [-0.1, -0.05) is 6.07 Å². The Kier molecular flexibility index (Phi) is 5.21. The Morgan fingerprint density at radius 2 is 1.63 bits per heavy atom. The van der Waals surface area contributed by atoms with Crippen LogP contribution in [-0.2, 0) is 4.74 Å². The molecule has 27 heavy (non-hydrogen) atoms. The van der Waals surface area contributed by atoms with Crippen molar-refractivity contribution in [2.75, 3.05) is 23.8 Å². The summed E-state index contributed by atoms with van der Waals surface area (Å²) in [7, 11) is 0. The van der Waals surface area contributed by atoms with Crippen molar-refractivity contribution in [2.45, 2.75) is 26.4 Å². The van der Waals surface area contributed by atoms with E-state index in [1.165, 1.54) is 0 Å². The Hall–Kier alpha value is -3.22. The standard InChI is InChI=1S/C20H22N2O5/c1-20(2,3)27-19(24)22-14-6-4-5-13(11-14)18(23)21-15-7-8-16-17(12-15)26-10-9-25-16/h4-8,11-12H,9-10H2,1-3H3,(H,21,23)(H,22,24). The van der Waals surface area contributed by atoms with Crippen LogP contribution in [0.15, 0.2) is 42.5 Å². The van der Waals surface area contributed by atoms with Crippen LogP contribution in [0.25, 0.3) is 0 Å². The van der Waals surface area contributed by atoms with E-state index in [-0.39, 0.29) is 5.91 Å². The summed E-state index contributed by atoms with van der Waals surface area (Å²) < 4.78 is 16.2. The lowest BCUT2D eigenvalue weighted by Crippen LogP contribution is -2.27. The second-order valence-electron chi connectivity index (χ2n) is 7.02. The summed E-state index contributed by atoms with van der Waals surface area (Å²) in [6, 6.07) is 11.8. The molecule has 0 aliphatic carbocycles. The highest BCUT2D eigenvalue weighted by molar-refractivity contribution is 6.05. The van der Waals surface area contributed by atoms with Gasteiger partial charge < -0.3 is 19.5 Å². The normalized spacial score (nSPS) is 12.9. The number of amides is 2. The first-order valence-corrected chi connectivity index (χ1v) is 8.61. The van der Waals surface area contributed by atoms with Gasteiger partial charge in [0.05, 0.1) is 0 Å². The number of benzene rings is 2. The summed E-state index contributed by atoms with van der Waals surface area (Å²) in [4.78, 5) is 24.4. The van der Waals surface area contributed by atoms with Crippen LogP contribution in [0.1, 0.15) is 31.1 Å². The summed E-state index contributed by atoms with van der Waals surface area (Å²) in [5, 5.41) is 5.43. The third-order valence-corrected chi connectivity index (χ3v) is 3.57. The van der Waals surface area contributed by atoms with E-state index >= 15 is 0 Å². The summed E-state index contributed by atoms with van der Waals surface area (Å²) in [5.41, 5.74) is 0.865. The Bertz CT molecular complexity index is 858. The minimum Gasteiger partial charge on any atom is -0.486 e. The molecule has 0 fully saturated rings. The first kappa shape index (κ1) is 18.6. The zero-order valence-electron chi connectivity index (χ0n) is 15.5. The molecule has 3 rings (SSSR count). The molecule has 0 radical (unpaired) electrons. The Labute approximate surface area is 157 Å². The number of ether oxygens (including phenoxy) is 3. The van der Waals surface area contributed by atoms with Gasteiger partial charge in [0.1, 0.15) is 18.8 Å². The highest BCUT2D eigenvalue weighted by Gasteiger charge is 2.17. The van der Waals surface area contributed by atoms with Gasteiger partial charge in [-0.05, 0) is 51.1 Å². The van der Waals surface area contributed by atoms with E-state index in [9.17, 15) is 9.59 Å². The molecule has 0 aromatic heterocycles. The van der Waals surface area contributed by atoms with Crippen LogP contribution in [0.3, 0.4) is 0 Å². The second kappa shape index (κ2) is 7.57. The Balaban J connectivity index is 1.67. The van der Waals surface area contributed by atoms with Crippen LogP contribution in [0.5, 0.6) is 11.5 Å². The van der Waals surface area contributed by atoms with Crippen molar-refractivity contribution in [3.8, 4) is 11.5 Å². The minimum atomic E-state index is -0.600. The molecule has 0 bridgehead atoms. The van der Waals surface area contributed by atoms with Crippen LogP contribution in [0, 0.1) is 0 Å². The summed E-state index contributed by atoms with van der Waals surface area (Å²) in [6.07, 6.45) is -0.577. The molecule has 7 heteroatoms. The van der Waals surface area contributed by atoms with Gasteiger partial charge in [0.25, 0.3) is 5.91 Å². The van der Waals surface area contributed by atoms with Crippen LogP contribution >= 0.6 is 0 Å². The second-order valence-corrected chi connectivity index (χ2v) is 7.02. The van der Waals surface area contributed by atoms with Gasteiger partial charge in [-0.2, -0.15) is 0 Å². The molecule has 0 saturated heterocycles. The zero-order valence-corrected chi connectivity index (χ0v) is 15.5. The van der Waals surface area contributed by atoms with Crippen molar-refractivity contribution in [1.82, 2.24) is 0 Å². The SMILES string of the molecule is CC(C)(C)OC(=O)Nc1cccc(C(=O)Nc2ccc3c(c2)OCCO3)c1. The van der Waals surface area contributed by atoms with Crippen molar-refractivity contribution in [1.29, 1.82) is 0 Å². The first-order valence-electron chi connectivity index (χ1n) is 8.61. The molecule has 0 spiro atoms. The molecule has 2 amide bonds. The molecule has 7 nitrogen and oxygen atoms in total. The summed E-state index contributed by atoms with van der Waals surface area (Å²) in [6.45, 7) is 6.33. The minimum absolute atomic E-state index is 0.306. The Morgan fingerprint density at radius 1 is 0.926 bits per heavy atom. The van der Waals surface area contributed by atoms with Crippen molar-refractivity contribution in [3.63, 3.8) is 0 Å². The number of carbonyl (C=O) groups excluding carboxylic acids is 2. The molecule has 2 aromatic rings. The van der Waals surface area contributed by atoms with E-state index in [4.69, 9.17) is 14.2 Å². The van der Waals surface area contributed by atoms with Crippen molar-refractivity contribution >= 4 is 23.4 Å². The highest BCUT2D eigenvalue weighted by atomic mass is 16.6. The zero-order chi connectivity index (χ0) is 19.4. The van der Waals surface area contributed by atoms with E-state index in [1.54, 1.807) is 63.2 Å². The van der Waals surface area contributed by atoms with Crippen LogP contribution < -0.4 is 20.1 Å². The predicted molar refractivity (Wildman–Crippen MR) is 102 cm³/mol. The van der Waals surface area contributed by atoms with Crippen LogP contribution in [0.2, 0.25) is 0 Å². The predicted octanol–water partition coefficient (Wildman–Crippen LogP) is 4.06. The largest absolute Gasteiger partial charge is 0.486 e. The molecule has 0 atom stereocenters. The molecule has 2 N–H and O–H groups in total. The van der Waals surface area contributed by atoms with E-state index in [0.717, 1.165) is 0 Å². The fourth-order valence-corrected chi connectivity index (χ4v) is 2.48. The number of nitrogens with one attached hydrogen (secondary N) is 2. The fourth-order valence-electron chi connectivity index (χ4n) is 2.48. The van der Waals surface area contributed by atoms with Gasteiger partial charge in [0.15, 0.2) is 11.5 Å². The molecule has 0 unspecified atom stereocenters. The lowest BCUT2D eigenvalue weighted by atomic mass is 10.1. The van der Waals surface area contributed by atoms with Crippen LogP contribution in [-0.4, -0.2) is 30.8 Å². The molecule has 1 aliphatic heterocycles. The van der Waals surface area contributed by atoms with Gasteiger partial charge in [-0.3, -0.25) is 10.1 Å². The molecule has 1 aliphatic rings. The van der Waals surface area contributed by atoms with Gasteiger partial charge >= 0.3 is 6.09 Å². The van der Waals surface area contributed by atoms with Crippen molar-refractivity contribution in [3.05, 3.63) is 48.0 Å². The third-order valence-electron chi connectivity index (χ3n) is 3.57. The van der Waals surface area contributed by atoms with E-state index in [0.29, 0.717) is 41.7 Å². The van der Waals surface area contributed by atoms with Crippen molar-refractivity contribution < 1.29 is 23.8 Å². The number of anilines is 2. The molecule has 142 valence electrons. The number of carbonyl (C=O) groups is 2. The first-order chi connectivity index (χ1) is 12.8. The number of rotatable bonds is 3. The third kappa shape index (κ3) is 5.13. The average molecular weight is 370 g/mol. The van der Waals surface area contributed by atoms with Crippen LogP contribution in [0.4, 0.5) is 16.2 Å². The molecular weight excluding hydrogens is 348 g/mol. The fraction of sp³-hybridized carbons (Fsp3) is 0.300. The van der Waals surface area contributed by atoms with E-state index in [1.807, 2.05) is 0 Å². The lowest BCUT2D eigenvalue weighted by molar-refractivity contribution is 0.0635. The maximum Gasteiger partial charge on any atom is 0.412 e. The smallest absolute Gasteiger partial charge is 0.412 e. The van der Waals surface area contributed by atoms with Gasteiger partial charge in [0, 0.05) is 23.0 Å². The maximum absolute atomic E-state index is 12.5. The molecule has 1 heterocycles. The summed E-state index contributed by atoms with van der Waals surface area (Å²) in [5.74, 6) is 0.946. The number of hydrogen-bond acceptors (Lipinski definition) is 5. The van der Waals surface area contributed by atoms with E-state index < -0.39 is 11.7 Å². The highest BCUT2D eigenvalue weighted by Crippen LogP contribution is 2.32. The average Bonchev–Trinajstić information content (AvgIpc) is 2.60. The monoisotopic (exact) mass is 370 g/mol. The van der Waals surface area contributed by atoms with Gasteiger partial charge in [-0.15, -0.1) is 0 Å². The lowest BCUT2D eigenvalue weighted by Gasteiger charge is -2.20. The molecule has 0 saturated carbocycles. The quantitative estimate of drug-likeness (QED) is 0.851. The van der Waals surface area contributed by atoms with Gasteiger partial charge in [0.2, 0.25) is 0 Å². The molecular formula is C20H22N2O5. The van der Waals surface area contributed by atoms with Crippen molar-refractivity contribution in [2.24, 2.45) is 0 Å². The number of fused-ring (bicyclic) bond motifs is 1. The summed E-state index contributed by atoms with van der Waals surface area (Å²) >= 11 is 0.